The molecule has 0 unspecified atom stereocenters. The third-order valence-electron chi connectivity index (χ3n) is 1.25. The quantitative estimate of drug-likeness (QED) is 0.340. The lowest BCUT2D eigenvalue weighted by Crippen LogP contribution is -2.30. The second-order valence-corrected chi connectivity index (χ2v) is 2.30. The molecule has 0 rings (SSSR count). The van der Waals surface area contributed by atoms with Crippen molar-refractivity contribution in [3.05, 3.63) is 0 Å². The lowest BCUT2D eigenvalue weighted by molar-refractivity contribution is -0.121. The molecule has 72 valence electrons. The number of rotatable bonds is 7. The number of aliphatic hydroxyl groups is 2. The number of carbonyl (C=O) groups is 1. The van der Waals surface area contributed by atoms with E-state index in [9.17, 15) is 4.79 Å². The Bertz CT molecular complexity index is 119. The number of nitrogens with one attached hydrogen (secondary N) is 2. The molecule has 12 heavy (non-hydrogen) atoms. The van der Waals surface area contributed by atoms with Crippen LogP contribution in [0.1, 0.15) is 6.42 Å². The highest BCUT2D eigenvalue weighted by atomic mass is 16.3. The molecule has 0 aromatic heterocycles. The Morgan fingerprint density at radius 3 is 2.33 bits per heavy atom. The van der Waals surface area contributed by atoms with Gasteiger partial charge in [0.1, 0.15) is 0 Å². The number of hydrogen-bond acceptors (Lipinski definition) is 4. The maximum atomic E-state index is 10.8. The predicted molar refractivity (Wildman–Crippen MR) is 44.7 cm³/mol. The molecule has 5 heteroatoms. The van der Waals surface area contributed by atoms with E-state index in [4.69, 9.17) is 10.2 Å². The Labute approximate surface area is 71.8 Å². The van der Waals surface area contributed by atoms with Crippen LogP contribution in [-0.2, 0) is 4.79 Å². The van der Waals surface area contributed by atoms with Gasteiger partial charge in [0.15, 0.2) is 0 Å². The van der Waals surface area contributed by atoms with Gasteiger partial charge < -0.3 is 20.8 Å². The molecule has 0 aromatic carbocycles. The molecule has 0 aromatic rings. The van der Waals surface area contributed by atoms with E-state index in [-0.39, 0.29) is 19.1 Å². The smallest absolute Gasteiger partial charge is 0.221 e. The molecular formula is C7H16N2O3. The van der Waals surface area contributed by atoms with Crippen molar-refractivity contribution < 1.29 is 15.0 Å². The highest BCUT2D eigenvalue weighted by molar-refractivity contribution is 5.75. The Morgan fingerprint density at radius 2 is 1.75 bits per heavy atom. The molecule has 0 aliphatic heterocycles. The molecule has 0 heterocycles. The van der Waals surface area contributed by atoms with Crippen LogP contribution in [0.15, 0.2) is 0 Å². The predicted octanol–water partition coefficient (Wildman–Crippen LogP) is -1.93. The minimum absolute atomic E-state index is 0.0319. The van der Waals surface area contributed by atoms with E-state index in [1.54, 1.807) is 0 Å². The summed E-state index contributed by atoms with van der Waals surface area (Å²) < 4.78 is 0. The van der Waals surface area contributed by atoms with Crippen LogP contribution in [0.4, 0.5) is 0 Å². The van der Waals surface area contributed by atoms with Gasteiger partial charge in [0.05, 0.1) is 13.2 Å². The average molecular weight is 176 g/mol. The van der Waals surface area contributed by atoms with E-state index in [0.29, 0.717) is 26.1 Å². The van der Waals surface area contributed by atoms with Gasteiger partial charge in [-0.15, -0.1) is 0 Å². The molecule has 0 atom stereocenters. The van der Waals surface area contributed by atoms with E-state index in [1.807, 2.05) is 0 Å². The van der Waals surface area contributed by atoms with Crippen molar-refractivity contribution >= 4 is 5.91 Å². The third-order valence-corrected chi connectivity index (χ3v) is 1.25. The highest BCUT2D eigenvalue weighted by Gasteiger charge is 1.97. The van der Waals surface area contributed by atoms with Gasteiger partial charge in [-0.3, -0.25) is 4.79 Å². The first-order chi connectivity index (χ1) is 5.81. The van der Waals surface area contributed by atoms with Gasteiger partial charge in [0.25, 0.3) is 0 Å². The van der Waals surface area contributed by atoms with Gasteiger partial charge >= 0.3 is 0 Å². The molecule has 5 nitrogen and oxygen atoms in total. The zero-order chi connectivity index (χ0) is 9.23. The minimum Gasteiger partial charge on any atom is -0.395 e. The summed E-state index contributed by atoms with van der Waals surface area (Å²) in [7, 11) is 0. The van der Waals surface area contributed by atoms with Gasteiger partial charge in [-0.2, -0.15) is 0 Å². The molecule has 0 aliphatic carbocycles. The van der Waals surface area contributed by atoms with Crippen LogP contribution < -0.4 is 10.6 Å². The van der Waals surface area contributed by atoms with Crippen LogP contribution >= 0.6 is 0 Å². The molecule has 0 aliphatic rings. The Hall–Kier alpha value is -0.650. The van der Waals surface area contributed by atoms with Crippen molar-refractivity contribution in [1.29, 1.82) is 0 Å². The van der Waals surface area contributed by atoms with Crippen LogP contribution in [0.25, 0.3) is 0 Å². The normalized spacial score (nSPS) is 9.83. The first-order valence-corrected chi connectivity index (χ1v) is 4.00. The monoisotopic (exact) mass is 176 g/mol. The zero-order valence-corrected chi connectivity index (χ0v) is 7.05. The standard InChI is InChI=1S/C7H16N2O3/c10-5-3-8-2-1-7(12)9-4-6-11/h8,10-11H,1-6H2,(H,9,12). The Balaban J connectivity index is 3.08. The van der Waals surface area contributed by atoms with Crippen LogP contribution in [0.5, 0.6) is 0 Å². The summed E-state index contributed by atoms with van der Waals surface area (Å²) in [5.74, 6) is -0.0884. The van der Waals surface area contributed by atoms with Crippen molar-refractivity contribution in [2.75, 3.05) is 32.8 Å². The summed E-state index contributed by atoms with van der Waals surface area (Å²) in [4.78, 5) is 10.8. The Kier molecular flexibility index (Phi) is 7.99. The summed E-state index contributed by atoms with van der Waals surface area (Å²) >= 11 is 0. The van der Waals surface area contributed by atoms with Crippen LogP contribution in [0, 0.1) is 0 Å². The Morgan fingerprint density at radius 1 is 1.08 bits per heavy atom. The molecule has 0 saturated carbocycles. The zero-order valence-electron chi connectivity index (χ0n) is 7.05. The lowest BCUT2D eigenvalue weighted by atomic mass is 10.4. The number of amides is 1. The molecule has 0 saturated heterocycles. The summed E-state index contributed by atoms with van der Waals surface area (Å²) in [6.07, 6.45) is 0.375. The van der Waals surface area contributed by atoms with Crippen molar-refractivity contribution in [3.8, 4) is 0 Å². The van der Waals surface area contributed by atoms with Crippen molar-refractivity contribution in [2.24, 2.45) is 0 Å². The average Bonchev–Trinajstić information content (AvgIpc) is 2.09. The summed E-state index contributed by atoms with van der Waals surface area (Å²) in [6, 6.07) is 0. The lowest BCUT2D eigenvalue weighted by Gasteiger charge is -2.03. The van der Waals surface area contributed by atoms with Gasteiger partial charge in [-0.1, -0.05) is 0 Å². The van der Waals surface area contributed by atoms with E-state index >= 15 is 0 Å². The first kappa shape index (κ1) is 11.4. The number of carbonyl (C=O) groups excluding carboxylic acids is 1. The third kappa shape index (κ3) is 7.46. The van der Waals surface area contributed by atoms with Gasteiger partial charge in [0.2, 0.25) is 5.91 Å². The van der Waals surface area contributed by atoms with Gasteiger partial charge in [-0.25, -0.2) is 0 Å². The summed E-state index contributed by atoms with van der Waals surface area (Å²) in [5, 5.41) is 22.1. The van der Waals surface area contributed by atoms with E-state index in [2.05, 4.69) is 10.6 Å². The van der Waals surface area contributed by atoms with Crippen LogP contribution in [-0.4, -0.2) is 49.0 Å². The fourth-order valence-corrected chi connectivity index (χ4v) is 0.690. The van der Waals surface area contributed by atoms with E-state index in [1.165, 1.54) is 0 Å². The largest absolute Gasteiger partial charge is 0.395 e. The first-order valence-electron chi connectivity index (χ1n) is 4.00. The number of hydrogen-bond donors (Lipinski definition) is 4. The topological polar surface area (TPSA) is 81.6 Å². The van der Waals surface area contributed by atoms with Crippen molar-refractivity contribution in [2.45, 2.75) is 6.42 Å². The van der Waals surface area contributed by atoms with Gasteiger partial charge in [-0.05, 0) is 0 Å². The fraction of sp³-hybridized carbons (Fsp3) is 0.857. The molecule has 1 amide bonds. The maximum Gasteiger partial charge on any atom is 0.221 e. The highest BCUT2D eigenvalue weighted by Crippen LogP contribution is 1.75. The second kappa shape index (κ2) is 8.45. The van der Waals surface area contributed by atoms with Crippen LogP contribution in [0.2, 0.25) is 0 Å². The molecule has 0 radical (unpaired) electrons. The van der Waals surface area contributed by atoms with Crippen LogP contribution in [0.3, 0.4) is 0 Å². The van der Waals surface area contributed by atoms with E-state index in [0.717, 1.165) is 0 Å². The number of aliphatic hydroxyl groups excluding tert-OH is 2. The molecule has 0 spiro atoms. The second-order valence-electron chi connectivity index (χ2n) is 2.30. The molecule has 0 bridgehead atoms. The molecule has 0 fully saturated rings. The molecule has 4 N–H and O–H groups in total. The summed E-state index contributed by atoms with van der Waals surface area (Å²) in [6.45, 7) is 1.41. The fourth-order valence-electron chi connectivity index (χ4n) is 0.690. The summed E-state index contributed by atoms with van der Waals surface area (Å²) in [5.41, 5.74) is 0. The maximum absolute atomic E-state index is 10.8. The SMILES string of the molecule is O=C(CCNCCO)NCCO. The minimum atomic E-state index is -0.0884. The van der Waals surface area contributed by atoms with Gasteiger partial charge in [0, 0.05) is 26.1 Å². The molecular weight excluding hydrogens is 160 g/mol. The van der Waals surface area contributed by atoms with Crippen molar-refractivity contribution in [3.63, 3.8) is 0 Å². The van der Waals surface area contributed by atoms with Crippen molar-refractivity contribution in [1.82, 2.24) is 10.6 Å². The van der Waals surface area contributed by atoms with E-state index < -0.39 is 0 Å².